The van der Waals surface area contributed by atoms with E-state index in [1.54, 1.807) is 0 Å². The molecule has 0 bridgehead atoms. The Bertz CT molecular complexity index is 309. The third kappa shape index (κ3) is 3.79. The molecule has 1 heterocycles. The third-order valence-corrected chi connectivity index (χ3v) is 3.25. The van der Waals surface area contributed by atoms with E-state index in [0.717, 1.165) is 12.2 Å². The van der Waals surface area contributed by atoms with Gasteiger partial charge in [0.2, 0.25) is 0 Å². The lowest BCUT2D eigenvalue weighted by atomic mass is 9.85. The summed E-state index contributed by atoms with van der Waals surface area (Å²) in [5.74, 6) is 1.18. The zero-order valence-corrected chi connectivity index (χ0v) is 11.6. The van der Waals surface area contributed by atoms with Crippen molar-refractivity contribution in [1.29, 1.82) is 0 Å². The summed E-state index contributed by atoms with van der Waals surface area (Å²) in [7, 11) is 6.27. The Balaban J connectivity index is 2.98. The second kappa shape index (κ2) is 6.72. The van der Waals surface area contributed by atoms with Gasteiger partial charge in [0.25, 0.3) is 0 Å². The summed E-state index contributed by atoms with van der Waals surface area (Å²) in [5.41, 5.74) is 1.16. The van der Waals surface area contributed by atoms with E-state index in [1.165, 1.54) is 0 Å². The monoisotopic (exact) mass is 235 g/mol. The van der Waals surface area contributed by atoms with Crippen LogP contribution >= 0.6 is 0 Å². The van der Waals surface area contributed by atoms with Crippen LogP contribution in [0, 0.1) is 11.8 Å². The molecule has 0 saturated heterocycles. The van der Waals surface area contributed by atoms with E-state index in [-0.39, 0.29) is 0 Å². The van der Waals surface area contributed by atoms with E-state index >= 15 is 0 Å². The van der Waals surface area contributed by atoms with Gasteiger partial charge < -0.3 is 10.2 Å². The summed E-state index contributed by atoms with van der Waals surface area (Å²) < 4.78 is 0. The summed E-state index contributed by atoms with van der Waals surface area (Å²) in [6, 6.07) is 6.52. The summed E-state index contributed by atoms with van der Waals surface area (Å²) in [6.07, 6.45) is 1.88. The number of hydrogen-bond acceptors (Lipinski definition) is 3. The van der Waals surface area contributed by atoms with Crippen molar-refractivity contribution in [3.63, 3.8) is 0 Å². The molecule has 0 aliphatic heterocycles. The van der Waals surface area contributed by atoms with Crippen LogP contribution in [0.25, 0.3) is 0 Å². The van der Waals surface area contributed by atoms with Crippen molar-refractivity contribution >= 4 is 0 Å². The first kappa shape index (κ1) is 14.1. The van der Waals surface area contributed by atoms with Gasteiger partial charge in [-0.15, -0.1) is 0 Å². The number of hydrogen-bond donors (Lipinski definition) is 1. The second-order valence-corrected chi connectivity index (χ2v) is 5.13. The zero-order chi connectivity index (χ0) is 12.8. The molecule has 1 aromatic rings. The lowest BCUT2D eigenvalue weighted by Gasteiger charge is -2.34. The molecule has 0 aliphatic rings. The Hall–Kier alpha value is -0.930. The predicted octanol–water partition coefficient (Wildman–Crippen LogP) is 2.18. The molecule has 0 spiro atoms. The van der Waals surface area contributed by atoms with Crippen molar-refractivity contribution in [3.8, 4) is 0 Å². The highest BCUT2D eigenvalue weighted by atomic mass is 15.1. The van der Waals surface area contributed by atoms with Crippen molar-refractivity contribution < 1.29 is 0 Å². The smallest absolute Gasteiger partial charge is 0.0578 e. The van der Waals surface area contributed by atoms with E-state index in [9.17, 15) is 0 Å². The van der Waals surface area contributed by atoms with E-state index in [4.69, 9.17) is 0 Å². The molecule has 0 aliphatic carbocycles. The lowest BCUT2D eigenvalue weighted by Crippen LogP contribution is -2.36. The van der Waals surface area contributed by atoms with Crippen molar-refractivity contribution in [3.05, 3.63) is 30.1 Å². The van der Waals surface area contributed by atoms with Crippen molar-refractivity contribution in [2.24, 2.45) is 11.8 Å². The van der Waals surface area contributed by atoms with Crippen LogP contribution in [0.1, 0.15) is 25.6 Å². The standard InChI is InChI=1S/C14H25N3/c1-11(2)12(10-15-3)14(17(4)5)13-8-6-7-9-16-13/h6-9,11-12,14-15H,10H2,1-5H3. The molecule has 0 fully saturated rings. The molecule has 1 N–H and O–H groups in total. The van der Waals surface area contributed by atoms with E-state index in [1.807, 2.05) is 19.3 Å². The lowest BCUT2D eigenvalue weighted by molar-refractivity contribution is 0.165. The molecular weight excluding hydrogens is 210 g/mol. The van der Waals surface area contributed by atoms with Gasteiger partial charge in [0, 0.05) is 6.20 Å². The average molecular weight is 235 g/mol. The molecule has 0 amide bonds. The third-order valence-electron chi connectivity index (χ3n) is 3.25. The number of pyridine rings is 1. The summed E-state index contributed by atoms with van der Waals surface area (Å²) in [5, 5.41) is 3.30. The van der Waals surface area contributed by atoms with Gasteiger partial charge in [0.1, 0.15) is 0 Å². The fourth-order valence-electron chi connectivity index (χ4n) is 2.37. The Morgan fingerprint density at radius 2 is 2.00 bits per heavy atom. The van der Waals surface area contributed by atoms with Gasteiger partial charge in [-0.05, 0) is 51.7 Å². The van der Waals surface area contributed by atoms with Crippen LogP contribution in [0.5, 0.6) is 0 Å². The summed E-state index contributed by atoms with van der Waals surface area (Å²) in [4.78, 5) is 6.78. The predicted molar refractivity (Wildman–Crippen MR) is 72.9 cm³/mol. The van der Waals surface area contributed by atoms with Gasteiger partial charge in [-0.2, -0.15) is 0 Å². The van der Waals surface area contributed by atoms with Crippen LogP contribution in [0.2, 0.25) is 0 Å². The van der Waals surface area contributed by atoms with E-state index in [0.29, 0.717) is 17.9 Å². The van der Waals surface area contributed by atoms with Gasteiger partial charge in [-0.25, -0.2) is 0 Å². The fraction of sp³-hybridized carbons (Fsp3) is 0.643. The van der Waals surface area contributed by atoms with Crippen LogP contribution in [0.3, 0.4) is 0 Å². The first-order valence-corrected chi connectivity index (χ1v) is 6.29. The van der Waals surface area contributed by atoms with Crippen molar-refractivity contribution in [2.75, 3.05) is 27.7 Å². The largest absolute Gasteiger partial charge is 0.319 e. The maximum Gasteiger partial charge on any atom is 0.0578 e. The zero-order valence-electron chi connectivity index (χ0n) is 11.6. The molecule has 96 valence electrons. The molecule has 1 aromatic heterocycles. The van der Waals surface area contributed by atoms with Gasteiger partial charge in [0.05, 0.1) is 11.7 Å². The van der Waals surface area contributed by atoms with Crippen molar-refractivity contribution in [1.82, 2.24) is 15.2 Å². The van der Waals surface area contributed by atoms with Crippen LogP contribution in [-0.2, 0) is 0 Å². The minimum Gasteiger partial charge on any atom is -0.319 e. The van der Waals surface area contributed by atoms with Gasteiger partial charge in [-0.3, -0.25) is 4.98 Å². The Kier molecular flexibility index (Phi) is 5.59. The molecule has 2 atom stereocenters. The molecule has 17 heavy (non-hydrogen) atoms. The number of aromatic nitrogens is 1. The van der Waals surface area contributed by atoms with Gasteiger partial charge in [0.15, 0.2) is 0 Å². The topological polar surface area (TPSA) is 28.2 Å². The van der Waals surface area contributed by atoms with E-state index in [2.05, 4.69) is 55.3 Å². The van der Waals surface area contributed by atoms with Crippen molar-refractivity contribution in [2.45, 2.75) is 19.9 Å². The number of rotatable bonds is 6. The molecule has 3 nitrogen and oxygen atoms in total. The normalized spacial score (nSPS) is 15.2. The highest BCUT2D eigenvalue weighted by Gasteiger charge is 2.27. The average Bonchev–Trinajstić information content (AvgIpc) is 2.29. The fourth-order valence-corrected chi connectivity index (χ4v) is 2.37. The van der Waals surface area contributed by atoms with Crippen LogP contribution < -0.4 is 5.32 Å². The maximum atomic E-state index is 4.52. The number of nitrogens with one attached hydrogen (secondary N) is 1. The molecule has 0 aromatic carbocycles. The van der Waals surface area contributed by atoms with E-state index < -0.39 is 0 Å². The Morgan fingerprint density at radius 3 is 2.41 bits per heavy atom. The second-order valence-electron chi connectivity index (χ2n) is 5.13. The highest BCUT2D eigenvalue weighted by molar-refractivity contribution is 5.10. The molecule has 0 radical (unpaired) electrons. The molecule has 1 rings (SSSR count). The van der Waals surface area contributed by atoms with Gasteiger partial charge in [-0.1, -0.05) is 19.9 Å². The highest BCUT2D eigenvalue weighted by Crippen LogP contribution is 2.30. The first-order valence-electron chi connectivity index (χ1n) is 6.29. The molecule has 0 saturated carbocycles. The SMILES string of the molecule is CNCC(C(C)C)C(c1ccccn1)N(C)C. The minimum atomic E-state index is 0.364. The molecule has 2 unspecified atom stereocenters. The summed E-state index contributed by atoms with van der Waals surface area (Å²) >= 11 is 0. The summed E-state index contributed by atoms with van der Waals surface area (Å²) in [6.45, 7) is 5.57. The van der Waals surface area contributed by atoms with Crippen LogP contribution in [0.15, 0.2) is 24.4 Å². The van der Waals surface area contributed by atoms with Gasteiger partial charge >= 0.3 is 0 Å². The Labute approximate surface area is 105 Å². The number of nitrogens with zero attached hydrogens (tertiary/aromatic N) is 2. The first-order chi connectivity index (χ1) is 8.07. The Morgan fingerprint density at radius 1 is 1.29 bits per heavy atom. The van der Waals surface area contributed by atoms with Crippen LogP contribution in [-0.4, -0.2) is 37.6 Å². The quantitative estimate of drug-likeness (QED) is 0.819. The molecular formula is C14H25N3. The maximum absolute atomic E-state index is 4.52. The van der Waals surface area contributed by atoms with Crippen LogP contribution in [0.4, 0.5) is 0 Å². The minimum absolute atomic E-state index is 0.364. The molecule has 3 heteroatoms.